The van der Waals surface area contributed by atoms with E-state index < -0.39 is 11.8 Å². The highest BCUT2D eigenvalue weighted by molar-refractivity contribution is 6.30. The number of hydrogen-bond donors (Lipinski definition) is 1. The predicted molar refractivity (Wildman–Crippen MR) is 82.0 cm³/mol. The summed E-state index contributed by atoms with van der Waals surface area (Å²) in [7, 11) is 0. The van der Waals surface area contributed by atoms with Crippen LogP contribution in [0.2, 0.25) is 5.02 Å². The summed E-state index contributed by atoms with van der Waals surface area (Å²) in [6.45, 7) is 2.16. The van der Waals surface area contributed by atoms with Crippen LogP contribution in [0.15, 0.2) is 18.2 Å². The van der Waals surface area contributed by atoms with E-state index in [1.807, 2.05) is 0 Å². The van der Waals surface area contributed by atoms with Crippen molar-refractivity contribution in [2.45, 2.75) is 45.4 Å². The molecule has 2 rings (SSSR count). The van der Waals surface area contributed by atoms with Crippen LogP contribution in [-0.2, 0) is 11.2 Å². The SMILES string of the molecule is CCCC1CCC(C(=O)O)C(Cc2ccc(Cl)c(F)c2)C1. The summed E-state index contributed by atoms with van der Waals surface area (Å²) in [6.07, 6.45) is 5.56. The molecule has 3 unspecified atom stereocenters. The minimum atomic E-state index is -0.718. The molecule has 0 bridgehead atoms. The van der Waals surface area contributed by atoms with Gasteiger partial charge in [-0.3, -0.25) is 4.79 Å². The first kappa shape index (κ1) is 16.3. The van der Waals surface area contributed by atoms with Crippen molar-refractivity contribution in [2.75, 3.05) is 0 Å². The number of hydrogen-bond acceptors (Lipinski definition) is 1. The zero-order valence-electron chi connectivity index (χ0n) is 12.3. The highest BCUT2D eigenvalue weighted by Crippen LogP contribution is 2.38. The second-order valence-electron chi connectivity index (χ2n) is 6.13. The van der Waals surface area contributed by atoms with Crippen LogP contribution in [-0.4, -0.2) is 11.1 Å². The molecular formula is C17H22ClFO2. The molecule has 1 aliphatic carbocycles. The molecule has 0 heterocycles. The van der Waals surface area contributed by atoms with Crippen molar-refractivity contribution in [2.24, 2.45) is 17.8 Å². The average Bonchev–Trinajstić information content (AvgIpc) is 2.43. The molecular weight excluding hydrogens is 291 g/mol. The smallest absolute Gasteiger partial charge is 0.306 e. The molecule has 0 radical (unpaired) electrons. The summed E-state index contributed by atoms with van der Waals surface area (Å²) in [4.78, 5) is 11.4. The molecule has 4 heteroatoms. The Morgan fingerprint density at radius 3 is 2.81 bits per heavy atom. The number of carboxylic acids is 1. The molecule has 0 aromatic heterocycles. The molecule has 1 saturated carbocycles. The third-order valence-corrected chi connectivity index (χ3v) is 4.89. The van der Waals surface area contributed by atoms with E-state index in [0.29, 0.717) is 12.3 Å². The van der Waals surface area contributed by atoms with Gasteiger partial charge in [-0.15, -0.1) is 0 Å². The van der Waals surface area contributed by atoms with Gasteiger partial charge >= 0.3 is 5.97 Å². The summed E-state index contributed by atoms with van der Waals surface area (Å²) in [5, 5.41) is 9.52. The van der Waals surface area contributed by atoms with Crippen molar-refractivity contribution < 1.29 is 14.3 Å². The van der Waals surface area contributed by atoms with Crippen LogP contribution in [0.1, 0.15) is 44.6 Å². The van der Waals surface area contributed by atoms with Gasteiger partial charge in [-0.2, -0.15) is 0 Å². The second-order valence-corrected chi connectivity index (χ2v) is 6.53. The van der Waals surface area contributed by atoms with Gasteiger partial charge in [0.25, 0.3) is 0 Å². The summed E-state index contributed by atoms with van der Waals surface area (Å²) >= 11 is 5.70. The molecule has 1 N–H and O–H groups in total. The molecule has 1 aromatic rings. The second kappa shape index (κ2) is 7.26. The van der Waals surface area contributed by atoms with Gasteiger partial charge in [0.05, 0.1) is 10.9 Å². The van der Waals surface area contributed by atoms with Crippen LogP contribution in [0.5, 0.6) is 0 Å². The lowest BCUT2D eigenvalue weighted by Crippen LogP contribution is -2.32. The minimum Gasteiger partial charge on any atom is -0.481 e. The lowest BCUT2D eigenvalue weighted by atomic mass is 9.70. The number of aliphatic carboxylic acids is 1. The average molecular weight is 313 g/mol. The molecule has 2 nitrogen and oxygen atoms in total. The fourth-order valence-electron chi connectivity index (χ4n) is 3.55. The van der Waals surface area contributed by atoms with E-state index in [1.54, 1.807) is 12.1 Å². The van der Waals surface area contributed by atoms with E-state index in [-0.39, 0.29) is 16.9 Å². The molecule has 1 fully saturated rings. The Morgan fingerprint density at radius 1 is 1.43 bits per heavy atom. The highest BCUT2D eigenvalue weighted by atomic mass is 35.5. The first-order valence-corrected chi connectivity index (χ1v) is 8.05. The number of carbonyl (C=O) groups is 1. The third kappa shape index (κ3) is 4.19. The first-order chi connectivity index (χ1) is 10.0. The normalized spacial score (nSPS) is 25.8. The number of carboxylic acid groups (broad SMARTS) is 1. The predicted octanol–water partition coefficient (Wildman–Crippen LogP) is 4.94. The topological polar surface area (TPSA) is 37.3 Å². The molecule has 116 valence electrons. The van der Waals surface area contributed by atoms with Crippen LogP contribution in [0.3, 0.4) is 0 Å². The van der Waals surface area contributed by atoms with Gasteiger partial charge in [-0.1, -0.05) is 37.4 Å². The lowest BCUT2D eigenvalue weighted by molar-refractivity contribution is -0.145. The van der Waals surface area contributed by atoms with E-state index in [2.05, 4.69) is 6.92 Å². The first-order valence-electron chi connectivity index (χ1n) is 7.68. The van der Waals surface area contributed by atoms with Crippen LogP contribution >= 0.6 is 11.6 Å². The molecule has 0 spiro atoms. The van der Waals surface area contributed by atoms with Crippen molar-refractivity contribution in [1.29, 1.82) is 0 Å². The Bertz CT molecular complexity index is 504. The van der Waals surface area contributed by atoms with E-state index >= 15 is 0 Å². The Morgan fingerprint density at radius 2 is 2.19 bits per heavy atom. The van der Waals surface area contributed by atoms with Crippen molar-refractivity contribution >= 4 is 17.6 Å². The quantitative estimate of drug-likeness (QED) is 0.836. The molecule has 21 heavy (non-hydrogen) atoms. The largest absolute Gasteiger partial charge is 0.481 e. The maximum absolute atomic E-state index is 13.5. The van der Waals surface area contributed by atoms with Gasteiger partial charge in [0.1, 0.15) is 5.82 Å². The fourth-order valence-corrected chi connectivity index (χ4v) is 3.67. The maximum atomic E-state index is 13.5. The van der Waals surface area contributed by atoms with Crippen LogP contribution in [0, 0.1) is 23.6 Å². The Labute approximate surface area is 130 Å². The monoisotopic (exact) mass is 312 g/mol. The van der Waals surface area contributed by atoms with E-state index in [9.17, 15) is 14.3 Å². The van der Waals surface area contributed by atoms with Crippen LogP contribution in [0.4, 0.5) is 4.39 Å². The molecule has 1 aliphatic rings. The van der Waals surface area contributed by atoms with Crippen molar-refractivity contribution in [3.05, 3.63) is 34.6 Å². The summed E-state index contributed by atoms with van der Waals surface area (Å²) in [5.41, 5.74) is 0.838. The van der Waals surface area contributed by atoms with Gasteiger partial charge in [0, 0.05) is 0 Å². The summed E-state index contributed by atoms with van der Waals surface area (Å²) in [6, 6.07) is 4.78. The maximum Gasteiger partial charge on any atom is 0.306 e. The van der Waals surface area contributed by atoms with E-state index in [1.165, 1.54) is 6.07 Å². The van der Waals surface area contributed by atoms with E-state index in [0.717, 1.165) is 37.7 Å². The molecule has 0 amide bonds. The third-order valence-electron chi connectivity index (χ3n) is 4.59. The Balaban J connectivity index is 2.11. The number of rotatable bonds is 5. The fraction of sp³-hybridized carbons (Fsp3) is 0.588. The van der Waals surface area contributed by atoms with Crippen molar-refractivity contribution in [3.63, 3.8) is 0 Å². The highest BCUT2D eigenvalue weighted by Gasteiger charge is 2.34. The molecule has 1 aromatic carbocycles. The van der Waals surface area contributed by atoms with E-state index in [4.69, 9.17) is 11.6 Å². The van der Waals surface area contributed by atoms with Gasteiger partial charge in [-0.05, 0) is 55.2 Å². The number of halogens is 2. The molecule has 0 aliphatic heterocycles. The summed E-state index contributed by atoms with van der Waals surface area (Å²) < 4.78 is 13.5. The molecule has 0 saturated heterocycles. The Hall–Kier alpha value is -1.09. The molecule has 3 atom stereocenters. The van der Waals surface area contributed by atoms with Gasteiger partial charge in [0.15, 0.2) is 0 Å². The Kier molecular flexibility index (Phi) is 5.63. The number of benzene rings is 1. The lowest BCUT2D eigenvalue weighted by Gasteiger charge is -2.34. The van der Waals surface area contributed by atoms with Crippen molar-refractivity contribution in [1.82, 2.24) is 0 Å². The van der Waals surface area contributed by atoms with Crippen molar-refractivity contribution in [3.8, 4) is 0 Å². The zero-order valence-corrected chi connectivity index (χ0v) is 13.1. The standard InChI is InChI=1S/C17H22ClFO2/c1-2-3-11-4-6-14(17(20)21)13(8-11)9-12-5-7-15(18)16(19)10-12/h5,7,10-11,13-14H,2-4,6,8-9H2,1H3,(H,20,21). The van der Waals surface area contributed by atoms with Crippen LogP contribution < -0.4 is 0 Å². The van der Waals surface area contributed by atoms with Gasteiger partial charge in [-0.25, -0.2) is 4.39 Å². The van der Waals surface area contributed by atoms with Gasteiger partial charge < -0.3 is 5.11 Å². The summed E-state index contributed by atoms with van der Waals surface area (Å²) in [5.74, 6) is -0.760. The zero-order chi connectivity index (χ0) is 15.4. The minimum absolute atomic E-state index is 0.0911. The van der Waals surface area contributed by atoms with Gasteiger partial charge in [0.2, 0.25) is 0 Å². The van der Waals surface area contributed by atoms with Crippen LogP contribution in [0.25, 0.3) is 0 Å².